The molecule has 0 unspecified atom stereocenters. The summed E-state index contributed by atoms with van der Waals surface area (Å²) in [4.78, 5) is 25.0. The van der Waals surface area contributed by atoms with Gasteiger partial charge in [-0.15, -0.1) is 11.8 Å². The second kappa shape index (κ2) is 8.72. The van der Waals surface area contributed by atoms with Crippen LogP contribution in [0.2, 0.25) is 0 Å². The van der Waals surface area contributed by atoms with E-state index in [0.29, 0.717) is 17.7 Å². The van der Waals surface area contributed by atoms with Crippen molar-refractivity contribution in [1.29, 1.82) is 0 Å². The minimum absolute atomic E-state index is 0.0413. The minimum atomic E-state index is -0.315. The first-order valence-electron chi connectivity index (χ1n) is 8.24. The van der Waals surface area contributed by atoms with Crippen molar-refractivity contribution in [2.45, 2.75) is 37.5 Å². The summed E-state index contributed by atoms with van der Waals surface area (Å²) in [5, 5.41) is 0. The van der Waals surface area contributed by atoms with Crippen molar-refractivity contribution in [2.24, 2.45) is 0 Å². The summed E-state index contributed by atoms with van der Waals surface area (Å²) < 4.78 is 0. The number of nitrogens with one attached hydrogen (secondary N) is 2. The Morgan fingerprint density at radius 3 is 2.16 bits per heavy atom. The van der Waals surface area contributed by atoms with Crippen molar-refractivity contribution in [1.82, 2.24) is 10.9 Å². The van der Waals surface area contributed by atoms with Crippen LogP contribution in [0, 0.1) is 0 Å². The van der Waals surface area contributed by atoms with Crippen LogP contribution in [0.5, 0.6) is 0 Å². The van der Waals surface area contributed by atoms with Gasteiger partial charge < -0.3 is 0 Å². The van der Waals surface area contributed by atoms with E-state index in [4.69, 9.17) is 0 Å². The molecule has 4 nitrogen and oxygen atoms in total. The molecule has 2 aromatic rings. The van der Waals surface area contributed by atoms with Crippen LogP contribution in [0.25, 0.3) is 0 Å². The topological polar surface area (TPSA) is 58.2 Å². The Morgan fingerprint density at radius 2 is 1.56 bits per heavy atom. The van der Waals surface area contributed by atoms with E-state index in [1.807, 2.05) is 42.5 Å². The first-order valence-corrected chi connectivity index (χ1v) is 9.22. The van der Waals surface area contributed by atoms with Gasteiger partial charge >= 0.3 is 0 Å². The largest absolute Gasteiger partial charge is 0.273 e. The third kappa shape index (κ3) is 6.27. The molecule has 0 aliphatic carbocycles. The average Bonchev–Trinajstić information content (AvgIpc) is 2.60. The van der Waals surface area contributed by atoms with Crippen LogP contribution in [0.3, 0.4) is 0 Å². The second-order valence-corrected chi connectivity index (χ2v) is 7.91. The summed E-state index contributed by atoms with van der Waals surface area (Å²) in [6.45, 7) is 6.36. The molecule has 0 spiro atoms. The summed E-state index contributed by atoms with van der Waals surface area (Å²) in [5.74, 6) is 0.138. The van der Waals surface area contributed by atoms with E-state index in [1.165, 1.54) is 0 Å². The van der Waals surface area contributed by atoms with E-state index in [0.717, 1.165) is 10.5 Å². The maximum absolute atomic E-state index is 12.1. The van der Waals surface area contributed by atoms with E-state index in [2.05, 4.69) is 31.6 Å². The third-order valence-electron chi connectivity index (χ3n) is 3.67. The molecule has 2 amide bonds. The molecule has 0 aliphatic rings. The van der Waals surface area contributed by atoms with Crippen molar-refractivity contribution in [3.8, 4) is 0 Å². The molecule has 2 aromatic carbocycles. The van der Waals surface area contributed by atoms with Crippen LogP contribution in [-0.4, -0.2) is 17.6 Å². The summed E-state index contributed by atoms with van der Waals surface area (Å²) in [6.07, 6.45) is 0.336. The molecule has 2 N–H and O–H groups in total. The SMILES string of the molecule is CC(C)(C)c1ccc(C(=O)NNC(=O)CCSc2ccccc2)cc1. The molecule has 2 rings (SSSR count). The Kier molecular flexibility index (Phi) is 6.65. The van der Waals surface area contributed by atoms with E-state index < -0.39 is 0 Å². The van der Waals surface area contributed by atoms with Gasteiger partial charge in [-0.25, -0.2) is 0 Å². The number of carbonyl (C=O) groups is 2. The summed E-state index contributed by atoms with van der Waals surface area (Å²) in [7, 11) is 0. The van der Waals surface area contributed by atoms with Crippen LogP contribution in [0.4, 0.5) is 0 Å². The molecule has 0 fully saturated rings. The summed E-state index contributed by atoms with van der Waals surface area (Å²) in [5.41, 5.74) is 6.64. The highest BCUT2D eigenvalue weighted by Crippen LogP contribution is 2.22. The molecule has 0 bridgehead atoms. The molecule has 0 radical (unpaired) electrons. The zero-order chi connectivity index (χ0) is 18.3. The number of carbonyl (C=O) groups excluding carboxylic acids is 2. The van der Waals surface area contributed by atoms with Gasteiger partial charge in [-0.1, -0.05) is 51.1 Å². The molecule has 0 atom stereocenters. The predicted octanol–water partition coefficient (Wildman–Crippen LogP) is 3.93. The lowest BCUT2D eigenvalue weighted by Gasteiger charge is -2.19. The van der Waals surface area contributed by atoms with Gasteiger partial charge in [0.2, 0.25) is 5.91 Å². The first kappa shape index (κ1) is 19.1. The number of rotatable bonds is 5. The van der Waals surface area contributed by atoms with E-state index in [1.54, 1.807) is 23.9 Å². The molecular weight excluding hydrogens is 332 g/mol. The second-order valence-electron chi connectivity index (χ2n) is 6.74. The monoisotopic (exact) mass is 356 g/mol. The van der Waals surface area contributed by atoms with Gasteiger partial charge in [0.1, 0.15) is 0 Å². The summed E-state index contributed by atoms with van der Waals surface area (Å²) >= 11 is 1.61. The Hall–Kier alpha value is -2.27. The van der Waals surface area contributed by atoms with Crippen LogP contribution >= 0.6 is 11.8 Å². The molecule has 0 aliphatic heterocycles. The fourth-order valence-electron chi connectivity index (χ4n) is 2.16. The van der Waals surface area contributed by atoms with Gasteiger partial charge in [0.15, 0.2) is 0 Å². The van der Waals surface area contributed by atoms with Crippen molar-refractivity contribution in [3.05, 3.63) is 65.7 Å². The van der Waals surface area contributed by atoms with Gasteiger partial charge in [0.25, 0.3) is 5.91 Å². The predicted molar refractivity (Wildman–Crippen MR) is 103 cm³/mol. The van der Waals surface area contributed by atoms with E-state index >= 15 is 0 Å². The van der Waals surface area contributed by atoms with Crippen LogP contribution in [0.15, 0.2) is 59.5 Å². The highest BCUT2D eigenvalue weighted by molar-refractivity contribution is 7.99. The smallest absolute Gasteiger partial charge is 0.269 e. The number of amides is 2. The number of hydrazine groups is 1. The normalized spacial score (nSPS) is 11.0. The van der Waals surface area contributed by atoms with Crippen LogP contribution in [0.1, 0.15) is 43.1 Å². The number of thioether (sulfide) groups is 1. The highest BCUT2D eigenvalue weighted by atomic mass is 32.2. The van der Waals surface area contributed by atoms with Crippen LogP contribution < -0.4 is 10.9 Å². The fraction of sp³-hybridized carbons (Fsp3) is 0.300. The molecule has 132 valence electrons. The Labute approximate surface area is 153 Å². The van der Waals surface area contributed by atoms with Crippen LogP contribution in [-0.2, 0) is 10.2 Å². The third-order valence-corrected chi connectivity index (χ3v) is 4.68. The van der Waals surface area contributed by atoms with Crippen molar-refractivity contribution in [3.63, 3.8) is 0 Å². The zero-order valence-electron chi connectivity index (χ0n) is 14.8. The lowest BCUT2D eigenvalue weighted by molar-refractivity contribution is -0.121. The molecule has 0 aromatic heterocycles. The maximum atomic E-state index is 12.1. The molecule has 0 saturated carbocycles. The first-order chi connectivity index (χ1) is 11.9. The van der Waals surface area contributed by atoms with E-state index in [-0.39, 0.29) is 17.2 Å². The standard InChI is InChI=1S/C20H24N2O2S/c1-20(2,3)16-11-9-15(10-12-16)19(24)22-21-18(23)13-14-25-17-7-5-4-6-8-17/h4-12H,13-14H2,1-3H3,(H,21,23)(H,22,24). The van der Waals surface area contributed by atoms with E-state index in [9.17, 15) is 9.59 Å². The molecular formula is C20H24N2O2S. The Bertz CT molecular complexity index is 707. The van der Waals surface area contributed by atoms with Gasteiger partial charge in [0, 0.05) is 22.6 Å². The minimum Gasteiger partial charge on any atom is -0.273 e. The van der Waals surface area contributed by atoms with Crippen molar-refractivity contribution < 1.29 is 9.59 Å². The van der Waals surface area contributed by atoms with Gasteiger partial charge in [-0.05, 0) is 35.2 Å². The lowest BCUT2D eigenvalue weighted by atomic mass is 9.87. The molecule has 25 heavy (non-hydrogen) atoms. The lowest BCUT2D eigenvalue weighted by Crippen LogP contribution is -2.41. The Balaban J connectivity index is 1.74. The van der Waals surface area contributed by atoms with Gasteiger partial charge in [-0.2, -0.15) is 0 Å². The van der Waals surface area contributed by atoms with Crippen molar-refractivity contribution >= 4 is 23.6 Å². The Morgan fingerprint density at radius 1 is 0.920 bits per heavy atom. The maximum Gasteiger partial charge on any atom is 0.269 e. The molecule has 5 heteroatoms. The zero-order valence-corrected chi connectivity index (χ0v) is 15.7. The number of benzene rings is 2. The quantitative estimate of drug-likeness (QED) is 0.630. The molecule has 0 saturated heterocycles. The van der Waals surface area contributed by atoms with Crippen molar-refractivity contribution in [2.75, 3.05) is 5.75 Å². The van der Waals surface area contributed by atoms with Gasteiger partial charge in [-0.3, -0.25) is 20.4 Å². The van der Waals surface area contributed by atoms with Gasteiger partial charge in [0.05, 0.1) is 0 Å². The average molecular weight is 356 g/mol. The highest BCUT2D eigenvalue weighted by Gasteiger charge is 2.14. The summed E-state index contributed by atoms with van der Waals surface area (Å²) in [6, 6.07) is 17.3. The molecule has 0 heterocycles. The number of hydrogen-bond donors (Lipinski definition) is 2. The number of hydrogen-bond acceptors (Lipinski definition) is 3. The fourth-order valence-corrected chi connectivity index (χ4v) is 3.03.